The Labute approximate surface area is 125 Å². The first-order valence-corrected chi connectivity index (χ1v) is 7.58. The summed E-state index contributed by atoms with van der Waals surface area (Å²) >= 11 is 0. The molecule has 0 saturated heterocycles. The number of carbonyl (C=O) groups excluding carboxylic acids is 2. The van der Waals surface area contributed by atoms with Crippen LogP contribution in [0, 0.1) is 11.3 Å². The van der Waals surface area contributed by atoms with Gasteiger partial charge in [0.05, 0.1) is 0 Å². The highest BCUT2D eigenvalue weighted by atomic mass is 16.6. The quantitative estimate of drug-likeness (QED) is 0.550. The number of fused-ring (bicyclic) bond motifs is 2. The molecule has 0 aromatic rings. The van der Waals surface area contributed by atoms with Crippen molar-refractivity contribution in [2.24, 2.45) is 11.3 Å². The third kappa shape index (κ3) is 2.12. The molecule has 0 spiro atoms. The van der Waals surface area contributed by atoms with Crippen LogP contribution in [0.15, 0.2) is 23.3 Å². The molecule has 0 unspecified atom stereocenters. The van der Waals surface area contributed by atoms with E-state index in [1.165, 1.54) is 12.5 Å². The molecule has 0 radical (unpaired) electrons. The van der Waals surface area contributed by atoms with Crippen molar-refractivity contribution in [1.29, 1.82) is 0 Å². The second kappa shape index (κ2) is 4.72. The van der Waals surface area contributed by atoms with Gasteiger partial charge in [-0.1, -0.05) is 19.1 Å². The number of carbonyl (C=O) groups is 2. The summed E-state index contributed by atoms with van der Waals surface area (Å²) in [7, 11) is 0. The Morgan fingerprint density at radius 2 is 2.19 bits per heavy atom. The Balaban J connectivity index is 1.95. The van der Waals surface area contributed by atoms with Gasteiger partial charge in [0.1, 0.15) is 12.2 Å². The standard InChI is InChI=1S/C17H22O4/c1-9-5-6-15(20-11(3)18)17(4)8-14-12(7-13(9)17)10(2)16(19)21-14/h13-15H,1,5-8H2,2-4H3/t13-,14-,15+,17+/m0/s1. The molecule has 1 heterocycles. The molecule has 0 bridgehead atoms. The monoisotopic (exact) mass is 290 g/mol. The Hall–Kier alpha value is -1.58. The summed E-state index contributed by atoms with van der Waals surface area (Å²) < 4.78 is 11.1. The van der Waals surface area contributed by atoms with Crippen molar-refractivity contribution in [3.8, 4) is 0 Å². The topological polar surface area (TPSA) is 52.6 Å². The fourth-order valence-corrected chi connectivity index (χ4v) is 4.29. The molecule has 4 atom stereocenters. The van der Waals surface area contributed by atoms with Crippen LogP contribution in [0.5, 0.6) is 0 Å². The van der Waals surface area contributed by atoms with Crippen molar-refractivity contribution in [3.05, 3.63) is 23.3 Å². The molecule has 0 N–H and O–H groups in total. The predicted molar refractivity (Wildman–Crippen MR) is 77.3 cm³/mol. The van der Waals surface area contributed by atoms with Crippen molar-refractivity contribution in [2.45, 2.75) is 58.7 Å². The van der Waals surface area contributed by atoms with Crippen LogP contribution in [-0.2, 0) is 19.1 Å². The Bertz CT molecular complexity index is 559. The van der Waals surface area contributed by atoms with Crippen LogP contribution >= 0.6 is 0 Å². The molecule has 114 valence electrons. The van der Waals surface area contributed by atoms with Gasteiger partial charge in [-0.2, -0.15) is 0 Å². The highest BCUT2D eigenvalue weighted by Crippen LogP contribution is 2.56. The second-order valence-electron chi connectivity index (χ2n) is 6.81. The molecule has 2 aliphatic carbocycles. The molecular weight excluding hydrogens is 268 g/mol. The number of rotatable bonds is 1. The second-order valence-corrected chi connectivity index (χ2v) is 6.81. The summed E-state index contributed by atoms with van der Waals surface area (Å²) in [5.74, 6) is -0.188. The average Bonchev–Trinajstić information content (AvgIpc) is 2.66. The average molecular weight is 290 g/mol. The van der Waals surface area contributed by atoms with Crippen molar-refractivity contribution < 1.29 is 19.1 Å². The van der Waals surface area contributed by atoms with E-state index in [0.29, 0.717) is 6.42 Å². The number of esters is 2. The lowest BCUT2D eigenvalue weighted by Gasteiger charge is -2.51. The van der Waals surface area contributed by atoms with Crippen LogP contribution < -0.4 is 0 Å². The van der Waals surface area contributed by atoms with Gasteiger partial charge in [-0.25, -0.2) is 4.79 Å². The van der Waals surface area contributed by atoms with Crippen LogP contribution in [0.3, 0.4) is 0 Å². The Kier molecular flexibility index (Phi) is 3.23. The molecule has 0 amide bonds. The molecule has 21 heavy (non-hydrogen) atoms. The van der Waals surface area contributed by atoms with Crippen LogP contribution in [-0.4, -0.2) is 24.1 Å². The lowest BCUT2D eigenvalue weighted by atomic mass is 9.56. The number of hydrogen-bond donors (Lipinski definition) is 0. The molecular formula is C17H22O4. The SMILES string of the molecule is C=C1CC[C@@H](OC(C)=O)[C@]2(C)C[C@@H]3OC(=O)C(C)=C3C[C@@H]12. The van der Waals surface area contributed by atoms with Crippen molar-refractivity contribution in [2.75, 3.05) is 0 Å². The third-order valence-corrected chi connectivity index (χ3v) is 5.54. The molecule has 0 aromatic heterocycles. The number of ether oxygens (including phenoxy) is 2. The first-order valence-electron chi connectivity index (χ1n) is 7.58. The molecule has 2 saturated carbocycles. The third-order valence-electron chi connectivity index (χ3n) is 5.54. The predicted octanol–water partition coefficient (Wildman–Crippen LogP) is 2.93. The van der Waals surface area contributed by atoms with Crippen molar-refractivity contribution in [1.82, 2.24) is 0 Å². The van der Waals surface area contributed by atoms with E-state index >= 15 is 0 Å². The van der Waals surface area contributed by atoms with E-state index in [2.05, 4.69) is 13.5 Å². The first-order chi connectivity index (χ1) is 9.83. The number of hydrogen-bond acceptors (Lipinski definition) is 4. The minimum Gasteiger partial charge on any atom is -0.462 e. The van der Waals surface area contributed by atoms with Crippen LogP contribution in [0.4, 0.5) is 0 Å². The molecule has 0 aromatic carbocycles. The summed E-state index contributed by atoms with van der Waals surface area (Å²) in [5.41, 5.74) is 2.88. The maximum Gasteiger partial charge on any atom is 0.334 e. The van der Waals surface area contributed by atoms with E-state index in [-0.39, 0.29) is 35.5 Å². The summed E-state index contributed by atoms with van der Waals surface area (Å²) in [6.07, 6.45) is 2.94. The molecule has 4 heteroatoms. The van der Waals surface area contributed by atoms with Gasteiger partial charge < -0.3 is 9.47 Å². The van der Waals surface area contributed by atoms with Crippen molar-refractivity contribution in [3.63, 3.8) is 0 Å². The zero-order valence-corrected chi connectivity index (χ0v) is 12.9. The molecule has 3 rings (SSSR count). The summed E-state index contributed by atoms with van der Waals surface area (Å²) in [6, 6.07) is 0. The van der Waals surface area contributed by atoms with E-state index in [0.717, 1.165) is 30.4 Å². The summed E-state index contributed by atoms with van der Waals surface area (Å²) in [5, 5.41) is 0. The van der Waals surface area contributed by atoms with Gasteiger partial charge in [0.2, 0.25) is 0 Å². The smallest absolute Gasteiger partial charge is 0.334 e. The lowest BCUT2D eigenvalue weighted by molar-refractivity contribution is -0.164. The van der Waals surface area contributed by atoms with E-state index < -0.39 is 0 Å². The van der Waals surface area contributed by atoms with Crippen LogP contribution in [0.1, 0.15) is 46.5 Å². The van der Waals surface area contributed by atoms with Crippen LogP contribution in [0.2, 0.25) is 0 Å². The lowest BCUT2D eigenvalue weighted by Crippen LogP contribution is -2.50. The number of allylic oxidation sites excluding steroid dienone is 1. The van der Waals surface area contributed by atoms with Gasteiger partial charge in [-0.3, -0.25) is 4.79 Å². The van der Waals surface area contributed by atoms with Gasteiger partial charge in [0, 0.05) is 17.9 Å². The normalized spacial score (nSPS) is 38.7. The fraction of sp³-hybridized carbons (Fsp3) is 0.647. The zero-order valence-electron chi connectivity index (χ0n) is 12.9. The van der Waals surface area contributed by atoms with Gasteiger partial charge >= 0.3 is 11.9 Å². The van der Waals surface area contributed by atoms with Gasteiger partial charge in [0.15, 0.2) is 0 Å². The van der Waals surface area contributed by atoms with Crippen LogP contribution in [0.25, 0.3) is 0 Å². The zero-order chi connectivity index (χ0) is 15.4. The highest BCUT2D eigenvalue weighted by molar-refractivity contribution is 5.91. The molecule has 1 aliphatic heterocycles. The largest absolute Gasteiger partial charge is 0.462 e. The molecule has 4 nitrogen and oxygen atoms in total. The maximum absolute atomic E-state index is 11.8. The molecule has 2 fully saturated rings. The van der Waals surface area contributed by atoms with Crippen molar-refractivity contribution >= 4 is 11.9 Å². The fourth-order valence-electron chi connectivity index (χ4n) is 4.29. The molecule has 3 aliphatic rings. The van der Waals surface area contributed by atoms with Gasteiger partial charge in [-0.05, 0) is 44.1 Å². The minimum atomic E-state index is -0.242. The minimum absolute atomic E-state index is 0.119. The van der Waals surface area contributed by atoms with E-state index in [1.54, 1.807) is 0 Å². The van der Waals surface area contributed by atoms with E-state index in [9.17, 15) is 9.59 Å². The Morgan fingerprint density at radius 1 is 1.48 bits per heavy atom. The first kappa shape index (κ1) is 14.4. The Morgan fingerprint density at radius 3 is 2.86 bits per heavy atom. The maximum atomic E-state index is 11.8. The van der Waals surface area contributed by atoms with Gasteiger partial charge in [-0.15, -0.1) is 0 Å². The highest BCUT2D eigenvalue weighted by Gasteiger charge is 2.54. The van der Waals surface area contributed by atoms with Gasteiger partial charge in [0.25, 0.3) is 0 Å². The summed E-state index contributed by atoms with van der Waals surface area (Å²) in [4.78, 5) is 23.2. The van der Waals surface area contributed by atoms with E-state index in [4.69, 9.17) is 9.47 Å². The van der Waals surface area contributed by atoms with E-state index in [1.807, 2.05) is 6.92 Å². The summed E-state index contributed by atoms with van der Waals surface area (Å²) in [6.45, 7) is 9.67.